The molecule has 1 aromatic heterocycles. The summed E-state index contributed by atoms with van der Waals surface area (Å²) in [7, 11) is 1.66. The molecule has 1 aliphatic carbocycles. The molecule has 7 nitrogen and oxygen atoms in total. The van der Waals surface area contributed by atoms with Crippen LogP contribution in [0.15, 0.2) is 12.3 Å². The van der Waals surface area contributed by atoms with E-state index in [-0.39, 0.29) is 12.1 Å². The van der Waals surface area contributed by atoms with Crippen molar-refractivity contribution in [3.8, 4) is 0 Å². The number of aromatic nitrogens is 2. The number of likely N-dealkylation sites (tertiary alicyclic amines) is 1. The van der Waals surface area contributed by atoms with Gasteiger partial charge in [-0.15, -0.1) is 0 Å². The van der Waals surface area contributed by atoms with Gasteiger partial charge in [0.1, 0.15) is 0 Å². The number of carbonyl (C=O) groups excluding carboxylic acids is 1. The average molecular weight is 335 g/mol. The Kier molecular flexibility index (Phi) is 6.09. The Hall–Kier alpha value is -1.60. The quantitative estimate of drug-likeness (QED) is 0.835. The number of carbonyl (C=O) groups is 1. The molecule has 0 bridgehead atoms. The van der Waals surface area contributed by atoms with Crippen LogP contribution in [0.5, 0.6) is 0 Å². The number of nitrogens with zero attached hydrogens (tertiary/aromatic N) is 3. The van der Waals surface area contributed by atoms with Crippen LogP contribution in [0.4, 0.5) is 10.6 Å². The molecule has 1 saturated heterocycles. The molecule has 1 aromatic rings. The number of anilines is 1. The van der Waals surface area contributed by atoms with Crippen LogP contribution in [0, 0.1) is 0 Å². The van der Waals surface area contributed by atoms with Crippen molar-refractivity contribution < 1.29 is 9.53 Å². The molecule has 0 radical (unpaired) electrons. The highest BCUT2D eigenvalue weighted by Crippen LogP contribution is 2.26. The number of nitrogens with one attached hydrogen (secondary N) is 2. The first-order valence-corrected chi connectivity index (χ1v) is 9.08. The van der Waals surface area contributed by atoms with Gasteiger partial charge in [0.05, 0.1) is 13.2 Å². The summed E-state index contributed by atoms with van der Waals surface area (Å²) in [6.07, 6.45) is 9.37. The number of hydrogen-bond donors (Lipinski definition) is 2. The molecule has 1 saturated carbocycles. The average Bonchev–Trinajstić information content (AvgIpc) is 3.25. The van der Waals surface area contributed by atoms with Crippen molar-refractivity contribution in [1.29, 1.82) is 0 Å². The molecule has 0 aromatic carbocycles. The second-order valence-corrected chi connectivity index (χ2v) is 6.80. The number of methoxy groups -OCH3 is 1. The molecule has 134 valence electrons. The lowest BCUT2D eigenvalue weighted by atomic mass is 10.0. The molecule has 2 aliphatic rings. The Balaban J connectivity index is 1.38. The smallest absolute Gasteiger partial charge is 0.320 e. The maximum Gasteiger partial charge on any atom is 0.320 e. The number of amides is 2. The summed E-state index contributed by atoms with van der Waals surface area (Å²) < 4.78 is 6.78. The van der Waals surface area contributed by atoms with Crippen molar-refractivity contribution in [2.75, 3.05) is 32.1 Å². The third kappa shape index (κ3) is 4.70. The molecular weight excluding hydrogens is 306 g/mol. The predicted molar refractivity (Wildman–Crippen MR) is 93.1 cm³/mol. The van der Waals surface area contributed by atoms with Gasteiger partial charge in [0.2, 0.25) is 0 Å². The van der Waals surface area contributed by atoms with Gasteiger partial charge in [0, 0.05) is 44.5 Å². The summed E-state index contributed by atoms with van der Waals surface area (Å²) in [5.74, 6) is 0.576. The van der Waals surface area contributed by atoms with Crippen LogP contribution >= 0.6 is 0 Å². The second kappa shape index (κ2) is 8.48. The van der Waals surface area contributed by atoms with E-state index in [0.717, 1.165) is 32.0 Å². The minimum absolute atomic E-state index is 0.161. The molecule has 2 fully saturated rings. The zero-order chi connectivity index (χ0) is 16.8. The normalized spacial score (nSPS) is 20.4. The zero-order valence-corrected chi connectivity index (χ0v) is 14.5. The van der Waals surface area contributed by atoms with Gasteiger partial charge >= 0.3 is 6.03 Å². The highest BCUT2D eigenvalue weighted by atomic mass is 16.5. The first-order valence-electron chi connectivity index (χ1n) is 9.08. The predicted octanol–water partition coefficient (Wildman–Crippen LogP) is 2.06. The summed E-state index contributed by atoms with van der Waals surface area (Å²) >= 11 is 0. The van der Waals surface area contributed by atoms with Crippen LogP contribution in [-0.4, -0.2) is 59.6 Å². The number of ether oxygens (including phenoxy) is 1. The molecule has 1 aliphatic heterocycles. The maximum atomic E-state index is 12.1. The van der Waals surface area contributed by atoms with Gasteiger partial charge in [0.15, 0.2) is 5.82 Å². The van der Waals surface area contributed by atoms with Gasteiger partial charge in [0.25, 0.3) is 0 Å². The lowest BCUT2D eigenvalue weighted by Gasteiger charge is -2.36. The van der Waals surface area contributed by atoms with Gasteiger partial charge in [-0.1, -0.05) is 12.8 Å². The lowest BCUT2D eigenvalue weighted by Crippen LogP contribution is -2.48. The van der Waals surface area contributed by atoms with Gasteiger partial charge in [-0.05, 0) is 25.7 Å². The van der Waals surface area contributed by atoms with Gasteiger partial charge < -0.3 is 15.0 Å². The second-order valence-electron chi connectivity index (χ2n) is 6.80. The van der Waals surface area contributed by atoms with E-state index in [2.05, 4.69) is 20.6 Å². The van der Waals surface area contributed by atoms with E-state index in [1.54, 1.807) is 17.9 Å². The molecular formula is C17H29N5O2. The molecule has 7 heteroatoms. The fraction of sp³-hybridized carbons (Fsp3) is 0.765. The summed E-state index contributed by atoms with van der Waals surface area (Å²) in [4.78, 5) is 14.7. The molecule has 24 heavy (non-hydrogen) atoms. The molecule has 0 atom stereocenters. The molecule has 0 unspecified atom stereocenters. The Morgan fingerprint density at radius 1 is 1.29 bits per heavy atom. The number of urea groups is 1. The topological polar surface area (TPSA) is 71.4 Å². The maximum absolute atomic E-state index is 12.1. The Morgan fingerprint density at radius 2 is 2.04 bits per heavy atom. The van der Waals surface area contributed by atoms with Crippen molar-refractivity contribution in [1.82, 2.24) is 20.0 Å². The number of rotatable bonds is 6. The van der Waals surface area contributed by atoms with E-state index in [0.29, 0.717) is 19.0 Å². The monoisotopic (exact) mass is 335 g/mol. The van der Waals surface area contributed by atoms with Gasteiger partial charge in [-0.2, -0.15) is 5.10 Å². The van der Waals surface area contributed by atoms with E-state index in [4.69, 9.17) is 4.74 Å². The fourth-order valence-electron chi connectivity index (χ4n) is 3.75. The first kappa shape index (κ1) is 17.2. The molecule has 0 spiro atoms. The van der Waals surface area contributed by atoms with Crippen molar-refractivity contribution in [3.05, 3.63) is 12.3 Å². The fourth-order valence-corrected chi connectivity index (χ4v) is 3.75. The van der Waals surface area contributed by atoms with E-state index >= 15 is 0 Å². The van der Waals surface area contributed by atoms with Crippen LogP contribution in [0.3, 0.4) is 0 Å². The van der Waals surface area contributed by atoms with E-state index < -0.39 is 0 Å². The number of hydrogen-bond acceptors (Lipinski definition) is 4. The Morgan fingerprint density at radius 3 is 2.75 bits per heavy atom. The largest absolute Gasteiger partial charge is 0.383 e. The van der Waals surface area contributed by atoms with Crippen LogP contribution < -0.4 is 10.6 Å². The van der Waals surface area contributed by atoms with Crippen LogP contribution in [-0.2, 0) is 11.3 Å². The summed E-state index contributed by atoms with van der Waals surface area (Å²) in [6, 6.07) is 2.69. The standard InChI is InChI=1S/C17H29N5O2/c1-24-13-12-22-11-8-16(20-22)19-17(23)18-14-6-9-21(10-7-14)15-4-2-3-5-15/h8,11,14-15H,2-7,9-10,12-13H2,1H3,(H2,18,19,20,23). The third-order valence-corrected chi connectivity index (χ3v) is 5.11. The van der Waals surface area contributed by atoms with Crippen molar-refractivity contribution in [2.24, 2.45) is 0 Å². The lowest BCUT2D eigenvalue weighted by molar-refractivity contribution is 0.147. The first-order chi connectivity index (χ1) is 11.7. The van der Waals surface area contributed by atoms with Crippen LogP contribution in [0.1, 0.15) is 38.5 Å². The van der Waals surface area contributed by atoms with Crippen LogP contribution in [0.25, 0.3) is 0 Å². The molecule has 2 N–H and O–H groups in total. The zero-order valence-electron chi connectivity index (χ0n) is 14.5. The minimum Gasteiger partial charge on any atom is -0.383 e. The summed E-state index contributed by atoms with van der Waals surface area (Å²) in [5, 5.41) is 10.2. The van der Waals surface area contributed by atoms with Crippen molar-refractivity contribution >= 4 is 11.8 Å². The van der Waals surface area contributed by atoms with E-state index in [1.807, 2.05) is 6.20 Å². The van der Waals surface area contributed by atoms with Crippen LogP contribution in [0.2, 0.25) is 0 Å². The molecule has 2 heterocycles. The Bertz CT molecular complexity index is 519. The number of piperidine rings is 1. The van der Waals surface area contributed by atoms with Gasteiger partial charge in [-0.3, -0.25) is 10.00 Å². The summed E-state index contributed by atoms with van der Waals surface area (Å²) in [5.41, 5.74) is 0. The SMILES string of the molecule is COCCn1ccc(NC(=O)NC2CCN(C3CCCC3)CC2)n1. The van der Waals surface area contributed by atoms with Gasteiger partial charge in [-0.25, -0.2) is 4.79 Å². The summed E-state index contributed by atoms with van der Waals surface area (Å²) in [6.45, 7) is 3.48. The molecule has 2 amide bonds. The van der Waals surface area contributed by atoms with E-state index in [1.165, 1.54) is 25.7 Å². The Labute approximate surface area is 143 Å². The van der Waals surface area contributed by atoms with Crippen molar-refractivity contribution in [2.45, 2.75) is 57.2 Å². The highest BCUT2D eigenvalue weighted by Gasteiger charge is 2.27. The molecule has 3 rings (SSSR count). The third-order valence-electron chi connectivity index (χ3n) is 5.11. The van der Waals surface area contributed by atoms with Crippen molar-refractivity contribution in [3.63, 3.8) is 0 Å². The highest BCUT2D eigenvalue weighted by molar-refractivity contribution is 5.88. The van der Waals surface area contributed by atoms with E-state index in [9.17, 15) is 4.79 Å². The minimum atomic E-state index is -0.161.